The summed E-state index contributed by atoms with van der Waals surface area (Å²) in [6.07, 6.45) is 0. The molecule has 3 amide bonds. The number of anilines is 1. The number of nitrogens with zero attached hydrogens (tertiary/aromatic N) is 3. The van der Waals surface area contributed by atoms with Crippen LogP contribution in [-0.4, -0.2) is 46.0 Å². The predicted molar refractivity (Wildman–Crippen MR) is 121 cm³/mol. The molecule has 2 N–H and O–H groups in total. The average molecular weight is 451 g/mol. The topological polar surface area (TPSA) is 103 Å². The number of hydrogen-bond donors (Lipinski definition) is 2. The lowest BCUT2D eigenvalue weighted by molar-refractivity contribution is 0.0696. The van der Waals surface area contributed by atoms with Crippen molar-refractivity contribution in [2.24, 2.45) is 0 Å². The van der Waals surface area contributed by atoms with Crippen molar-refractivity contribution in [3.05, 3.63) is 81.9 Å². The molecule has 0 atom stereocenters. The summed E-state index contributed by atoms with van der Waals surface area (Å²) in [6.45, 7) is 3.43. The molecule has 9 heteroatoms. The van der Waals surface area contributed by atoms with E-state index in [0.717, 1.165) is 11.1 Å². The van der Waals surface area contributed by atoms with E-state index in [-0.39, 0.29) is 17.5 Å². The van der Waals surface area contributed by atoms with E-state index in [4.69, 9.17) is 5.11 Å². The summed E-state index contributed by atoms with van der Waals surface area (Å²) in [7, 11) is 0. The largest absolute Gasteiger partial charge is 0.478 e. The smallest absolute Gasteiger partial charge is 0.335 e. The molecule has 164 valence electrons. The molecule has 2 aromatic carbocycles. The van der Waals surface area contributed by atoms with E-state index in [9.17, 15) is 14.4 Å². The van der Waals surface area contributed by atoms with E-state index in [1.807, 2.05) is 30.3 Å². The predicted octanol–water partition coefficient (Wildman–Crippen LogP) is 3.52. The number of rotatable bonds is 7. The third-order valence-corrected chi connectivity index (χ3v) is 6.34. The van der Waals surface area contributed by atoms with Gasteiger partial charge in [0.15, 0.2) is 5.13 Å². The number of thiazole rings is 1. The molecule has 1 saturated heterocycles. The van der Waals surface area contributed by atoms with E-state index >= 15 is 0 Å². The highest BCUT2D eigenvalue weighted by Gasteiger charge is 2.32. The molecular formula is C23H22N4O4S. The number of amides is 3. The number of aryl methyl sites for hydroxylation is 1. The maximum Gasteiger partial charge on any atom is 0.335 e. The van der Waals surface area contributed by atoms with Gasteiger partial charge >= 0.3 is 12.0 Å². The highest BCUT2D eigenvalue weighted by molar-refractivity contribution is 7.17. The first-order valence-corrected chi connectivity index (χ1v) is 10.9. The zero-order valence-corrected chi connectivity index (χ0v) is 18.3. The van der Waals surface area contributed by atoms with E-state index in [1.54, 1.807) is 34.9 Å². The molecule has 1 aromatic heterocycles. The van der Waals surface area contributed by atoms with Crippen molar-refractivity contribution in [3.8, 4) is 0 Å². The Bertz CT molecular complexity index is 1160. The van der Waals surface area contributed by atoms with Crippen LogP contribution in [-0.2, 0) is 13.1 Å². The quantitative estimate of drug-likeness (QED) is 0.573. The van der Waals surface area contributed by atoms with Crippen LogP contribution in [0.15, 0.2) is 54.6 Å². The first kappa shape index (κ1) is 21.5. The number of urea groups is 1. The number of carboxylic acids is 1. The fourth-order valence-electron chi connectivity index (χ4n) is 3.50. The minimum Gasteiger partial charge on any atom is -0.478 e. The maximum absolute atomic E-state index is 12.9. The van der Waals surface area contributed by atoms with Gasteiger partial charge in [-0.05, 0) is 30.2 Å². The van der Waals surface area contributed by atoms with Crippen LogP contribution in [0.25, 0.3) is 0 Å². The van der Waals surface area contributed by atoms with Crippen LogP contribution in [0.4, 0.5) is 9.93 Å². The Labute approximate surface area is 189 Å². The van der Waals surface area contributed by atoms with E-state index < -0.39 is 5.97 Å². The molecule has 1 aliphatic rings. The first-order chi connectivity index (χ1) is 15.4. The summed E-state index contributed by atoms with van der Waals surface area (Å²) in [5, 5.41) is 12.5. The van der Waals surface area contributed by atoms with E-state index in [1.165, 1.54) is 17.4 Å². The lowest BCUT2D eigenvalue weighted by Gasteiger charge is -2.17. The molecule has 0 radical (unpaired) electrons. The van der Waals surface area contributed by atoms with Gasteiger partial charge in [0.1, 0.15) is 4.88 Å². The van der Waals surface area contributed by atoms with Crippen molar-refractivity contribution in [1.82, 2.24) is 15.2 Å². The number of nitrogens with one attached hydrogen (secondary N) is 1. The number of carbonyl (C=O) groups excluding carboxylic acids is 2. The van der Waals surface area contributed by atoms with Crippen LogP contribution < -0.4 is 10.2 Å². The molecule has 0 unspecified atom stereocenters. The second-order valence-electron chi connectivity index (χ2n) is 7.44. The SMILES string of the molecule is Cc1nc(N2CCN(Cc3cccc(C(=O)O)c3)C2=O)sc1C(=O)NCc1ccccc1. The van der Waals surface area contributed by atoms with Crippen molar-refractivity contribution in [1.29, 1.82) is 0 Å². The van der Waals surface area contributed by atoms with Gasteiger partial charge in [-0.3, -0.25) is 9.69 Å². The van der Waals surface area contributed by atoms with Crippen molar-refractivity contribution < 1.29 is 19.5 Å². The minimum absolute atomic E-state index is 0.188. The molecule has 0 spiro atoms. The Kier molecular flexibility index (Phi) is 6.18. The molecular weight excluding hydrogens is 428 g/mol. The summed E-state index contributed by atoms with van der Waals surface area (Å²) >= 11 is 1.20. The highest BCUT2D eigenvalue weighted by Crippen LogP contribution is 2.29. The van der Waals surface area contributed by atoms with Crippen molar-refractivity contribution >= 4 is 34.4 Å². The van der Waals surface area contributed by atoms with E-state index in [2.05, 4.69) is 10.3 Å². The maximum atomic E-state index is 12.9. The van der Waals surface area contributed by atoms with Crippen LogP contribution in [0.2, 0.25) is 0 Å². The number of aromatic carboxylic acids is 1. The molecule has 1 aliphatic heterocycles. The summed E-state index contributed by atoms with van der Waals surface area (Å²) < 4.78 is 0. The molecule has 32 heavy (non-hydrogen) atoms. The Morgan fingerprint density at radius 2 is 1.84 bits per heavy atom. The normalized spacial score (nSPS) is 13.5. The molecule has 0 bridgehead atoms. The number of hydrogen-bond acceptors (Lipinski definition) is 5. The van der Waals surface area contributed by atoms with Crippen molar-refractivity contribution in [2.45, 2.75) is 20.0 Å². The Hall–Kier alpha value is -3.72. The average Bonchev–Trinajstić information content (AvgIpc) is 3.35. The van der Waals surface area contributed by atoms with Gasteiger partial charge in [0.05, 0.1) is 11.3 Å². The monoisotopic (exact) mass is 450 g/mol. The Morgan fingerprint density at radius 3 is 2.59 bits per heavy atom. The summed E-state index contributed by atoms with van der Waals surface area (Å²) in [4.78, 5) is 44.9. The third kappa shape index (κ3) is 4.62. The third-order valence-electron chi connectivity index (χ3n) is 5.16. The van der Waals surface area contributed by atoms with Crippen LogP contribution in [0.3, 0.4) is 0 Å². The highest BCUT2D eigenvalue weighted by atomic mass is 32.1. The van der Waals surface area contributed by atoms with Gasteiger partial charge < -0.3 is 15.3 Å². The lowest BCUT2D eigenvalue weighted by atomic mass is 10.1. The number of aromatic nitrogens is 1. The second kappa shape index (κ2) is 9.19. The Morgan fingerprint density at radius 1 is 1.09 bits per heavy atom. The number of carboxylic acid groups (broad SMARTS) is 1. The van der Waals surface area contributed by atoms with Crippen LogP contribution in [0.5, 0.6) is 0 Å². The van der Waals surface area contributed by atoms with Crippen LogP contribution >= 0.6 is 11.3 Å². The molecule has 0 saturated carbocycles. The molecule has 1 fully saturated rings. The Balaban J connectivity index is 1.42. The lowest BCUT2D eigenvalue weighted by Crippen LogP contribution is -2.31. The standard InChI is InChI=1S/C23H22N4O4S/c1-15-19(20(28)24-13-16-6-3-2-4-7-16)32-22(25-15)27-11-10-26(23(27)31)14-17-8-5-9-18(12-17)21(29)30/h2-9,12H,10-11,13-14H2,1H3,(H,24,28)(H,29,30). The molecule has 4 rings (SSSR count). The molecule has 0 aliphatic carbocycles. The first-order valence-electron chi connectivity index (χ1n) is 10.1. The zero-order valence-electron chi connectivity index (χ0n) is 17.4. The van der Waals surface area contributed by atoms with Crippen LogP contribution in [0, 0.1) is 6.92 Å². The zero-order chi connectivity index (χ0) is 22.7. The summed E-state index contributed by atoms with van der Waals surface area (Å²) in [5.74, 6) is -1.22. The molecule has 8 nitrogen and oxygen atoms in total. The van der Waals surface area contributed by atoms with Gasteiger partial charge in [-0.15, -0.1) is 0 Å². The van der Waals surface area contributed by atoms with Gasteiger partial charge in [-0.1, -0.05) is 53.8 Å². The molecule has 2 heterocycles. The van der Waals surface area contributed by atoms with Crippen molar-refractivity contribution in [3.63, 3.8) is 0 Å². The van der Waals surface area contributed by atoms with Gasteiger partial charge in [-0.2, -0.15) is 0 Å². The van der Waals surface area contributed by atoms with Gasteiger partial charge in [0.25, 0.3) is 5.91 Å². The summed E-state index contributed by atoms with van der Waals surface area (Å²) in [5.41, 5.74) is 2.51. The number of carbonyl (C=O) groups is 3. The summed E-state index contributed by atoms with van der Waals surface area (Å²) in [6, 6.07) is 16.0. The second-order valence-corrected chi connectivity index (χ2v) is 8.42. The van der Waals surface area contributed by atoms with Gasteiger partial charge in [0, 0.05) is 26.2 Å². The number of benzene rings is 2. The minimum atomic E-state index is -1.00. The molecule has 3 aromatic rings. The van der Waals surface area contributed by atoms with Gasteiger partial charge in [0.2, 0.25) is 0 Å². The van der Waals surface area contributed by atoms with E-state index in [0.29, 0.717) is 41.9 Å². The fourth-order valence-corrected chi connectivity index (χ4v) is 4.50. The van der Waals surface area contributed by atoms with Crippen molar-refractivity contribution in [2.75, 3.05) is 18.0 Å². The fraction of sp³-hybridized carbons (Fsp3) is 0.217. The van der Waals surface area contributed by atoms with Gasteiger partial charge in [-0.25, -0.2) is 14.6 Å². The van der Waals surface area contributed by atoms with Crippen LogP contribution in [0.1, 0.15) is 36.9 Å².